The molecule has 2 heteroatoms. The molecule has 1 unspecified atom stereocenters. The summed E-state index contributed by atoms with van der Waals surface area (Å²) in [7, 11) is 0. The molecule has 0 aliphatic carbocycles. The van der Waals surface area contributed by atoms with E-state index in [9.17, 15) is 9.50 Å². The number of hydrogen-bond donors (Lipinski definition) is 1. The van der Waals surface area contributed by atoms with Gasteiger partial charge < -0.3 is 5.11 Å². The van der Waals surface area contributed by atoms with Crippen LogP contribution in [0.5, 0.6) is 0 Å². The van der Waals surface area contributed by atoms with Crippen molar-refractivity contribution in [2.45, 2.75) is 46.1 Å². The first kappa shape index (κ1) is 15.7. The lowest BCUT2D eigenvalue weighted by Gasteiger charge is -2.32. The second kappa shape index (κ2) is 5.61. The number of hydrogen-bond acceptors (Lipinski definition) is 1. The fourth-order valence-electron chi connectivity index (χ4n) is 2.70. The number of halogens is 1. The van der Waals surface area contributed by atoms with Crippen molar-refractivity contribution in [1.29, 1.82) is 0 Å². The summed E-state index contributed by atoms with van der Waals surface area (Å²) in [5.74, 6) is -0.258. The maximum absolute atomic E-state index is 13.1. The summed E-state index contributed by atoms with van der Waals surface area (Å²) in [6.07, 6.45) is -0.637. The third kappa shape index (κ3) is 3.01. The molecule has 0 saturated carbocycles. The summed E-state index contributed by atoms with van der Waals surface area (Å²) in [5.41, 5.74) is 4.86. The van der Waals surface area contributed by atoms with E-state index in [4.69, 9.17) is 0 Å². The van der Waals surface area contributed by atoms with Crippen molar-refractivity contribution in [2.75, 3.05) is 0 Å². The van der Waals surface area contributed by atoms with E-state index in [2.05, 4.69) is 26.0 Å². The van der Waals surface area contributed by atoms with E-state index >= 15 is 0 Å². The Morgan fingerprint density at radius 3 is 2.00 bits per heavy atom. The molecule has 112 valence electrons. The summed E-state index contributed by atoms with van der Waals surface area (Å²) < 4.78 is 13.1. The molecule has 0 aliphatic heterocycles. The fourth-order valence-corrected chi connectivity index (χ4v) is 2.70. The third-order valence-corrected chi connectivity index (χ3v) is 4.45. The molecule has 0 fully saturated rings. The molecule has 0 saturated heterocycles. The summed E-state index contributed by atoms with van der Waals surface area (Å²) in [6, 6.07) is 10.5. The van der Waals surface area contributed by atoms with Gasteiger partial charge in [0.1, 0.15) is 5.82 Å². The topological polar surface area (TPSA) is 20.2 Å². The molecular weight excluding hydrogens is 263 g/mol. The van der Waals surface area contributed by atoms with Crippen molar-refractivity contribution in [3.8, 4) is 0 Å². The molecule has 0 heterocycles. The van der Waals surface area contributed by atoms with Crippen molar-refractivity contribution < 1.29 is 9.50 Å². The molecule has 21 heavy (non-hydrogen) atoms. The van der Waals surface area contributed by atoms with Gasteiger partial charge in [-0.25, -0.2) is 4.39 Å². The Balaban J connectivity index is 2.44. The van der Waals surface area contributed by atoms with E-state index < -0.39 is 11.5 Å². The lowest BCUT2D eigenvalue weighted by molar-refractivity contribution is 0.0995. The monoisotopic (exact) mass is 286 g/mol. The third-order valence-electron chi connectivity index (χ3n) is 4.45. The van der Waals surface area contributed by atoms with Crippen LogP contribution in [0.4, 0.5) is 4.39 Å². The number of aliphatic hydroxyl groups is 1. The lowest BCUT2D eigenvalue weighted by atomic mass is 9.75. The van der Waals surface area contributed by atoms with Gasteiger partial charge in [0.05, 0.1) is 6.10 Å². The summed E-state index contributed by atoms with van der Waals surface area (Å²) in [4.78, 5) is 0. The van der Waals surface area contributed by atoms with Crippen molar-refractivity contribution in [3.63, 3.8) is 0 Å². The van der Waals surface area contributed by atoms with Crippen LogP contribution in [0.1, 0.15) is 47.8 Å². The van der Waals surface area contributed by atoms with Crippen LogP contribution >= 0.6 is 0 Å². The van der Waals surface area contributed by atoms with Gasteiger partial charge in [0.2, 0.25) is 0 Å². The van der Waals surface area contributed by atoms with Crippen LogP contribution in [0, 0.1) is 26.6 Å². The van der Waals surface area contributed by atoms with E-state index in [0.717, 1.165) is 16.7 Å². The highest BCUT2D eigenvalue weighted by atomic mass is 19.1. The van der Waals surface area contributed by atoms with Crippen LogP contribution in [0.2, 0.25) is 0 Å². The van der Waals surface area contributed by atoms with Gasteiger partial charge in [-0.2, -0.15) is 0 Å². The summed E-state index contributed by atoms with van der Waals surface area (Å²) in [5, 5.41) is 10.9. The molecule has 0 amide bonds. The van der Waals surface area contributed by atoms with Gasteiger partial charge in [-0.1, -0.05) is 38.1 Å². The van der Waals surface area contributed by atoms with Gasteiger partial charge in [0.15, 0.2) is 0 Å². The van der Waals surface area contributed by atoms with Crippen molar-refractivity contribution >= 4 is 0 Å². The first-order valence-corrected chi connectivity index (χ1v) is 7.25. The predicted octanol–water partition coefficient (Wildman–Crippen LogP) is 4.76. The van der Waals surface area contributed by atoms with Crippen LogP contribution in [0.3, 0.4) is 0 Å². The van der Waals surface area contributed by atoms with Gasteiger partial charge in [-0.15, -0.1) is 0 Å². The molecule has 0 bridgehead atoms. The second-order valence-electron chi connectivity index (χ2n) is 6.42. The van der Waals surface area contributed by atoms with Crippen LogP contribution in [0.25, 0.3) is 0 Å². The van der Waals surface area contributed by atoms with E-state index in [1.807, 2.05) is 20.8 Å². The Hall–Kier alpha value is -1.67. The summed E-state index contributed by atoms with van der Waals surface area (Å²) >= 11 is 0. The van der Waals surface area contributed by atoms with Crippen molar-refractivity contribution in [3.05, 3.63) is 70.0 Å². The van der Waals surface area contributed by atoms with Crippen LogP contribution in [-0.2, 0) is 5.41 Å². The number of aliphatic hydroxyl groups excluding tert-OH is 1. The maximum Gasteiger partial charge on any atom is 0.123 e. The molecule has 0 aromatic heterocycles. The molecule has 0 spiro atoms. The van der Waals surface area contributed by atoms with Gasteiger partial charge >= 0.3 is 0 Å². The second-order valence-corrected chi connectivity index (χ2v) is 6.42. The molecule has 1 N–H and O–H groups in total. The highest BCUT2D eigenvalue weighted by Gasteiger charge is 2.32. The van der Waals surface area contributed by atoms with E-state index in [1.165, 1.54) is 23.3 Å². The molecule has 1 nitrogen and oxygen atoms in total. The minimum Gasteiger partial charge on any atom is -0.387 e. The zero-order chi connectivity index (χ0) is 15.8. The zero-order valence-electron chi connectivity index (χ0n) is 13.4. The summed E-state index contributed by atoms with van der Waals surface area (Å²) in [6.45, 7) is 10.1. The predicted molar refractivity (Wildman–Crippen MR) is 85.0 cm³/mol. The van der Waals surface area contributed by atoms with Crippen LogP contribution in [0.15, 0.2) is 36.4 Å². The van der Waals surface area contributed by atoms with Gasteiger partial charge in [-0.05, 0) is 60.7 Å². The average Bonchev–Trinajstić information content (AvgIpc) is 2.42. The molecule has 2 aromatic rings. The first-order chi connectivity index (χ1) is 9.73. The Labute approximate surface area is 126 Å². The molecule has 0 aliphatic rings. The largest absolute Gasteiger partial charge is 0.387 e. The molecular formula is C19H23FO. The SMILES string of the molecule is Cc1cc(C)c(C(O)C(C)(C)c2ccc(F)cc2)cc1C. The first-order valence-electron chi connectivity index (χ1n) is 7.25. The normalized spacial score (nSPS) is 13.3. The quantitative estimate of drug-likeness (QED) is 0.862. The van der Waals surface area contributed by atoms with Crippen LogP contribution in [-0.4, -0.2) is 5.11 Å². The fraction of sp³-hybridized carbons (Fsp3) is 0.368. The highest BCUT2D eigenvalue weighted by molar-refractivity contribution is 5.40. The Morgan fingerprint density at radius 2 is 1.43 bits per heavy atom. The Bertz CT molecular complexity index is 641. The standard InChI is InChI=1S/C19H23FO/c1-12-10-14(3)17(11-13(12)2)18(21)19(4,5)15-6-8-16(20)9-7-15/h6-11,18,21H,1-5H3. The number of aryl methyl sites for hydroxylation is 3. The van der Waals surface area contributed by atoms with Crippen molar-refractivity contribution in [1.82, 2.24) is 0 Å². The average molecular weight is 286 g/mol. The van der Waals surface area contributed by atoms with Crippen molar-refractivity contribution in [2.24, 2.45) is 0 Å². The molecule has 1 atom stereocenters. The lowest BCUT2D eigenvalue weighted by Crippen LogP contribution is -2.27. The van der Waals surface area contributed by atoms with E-state index in [1.54, 1.807) is 12.1 Å². The molecule has 2 aromatic carbocycles. The maximum atomic E-state index is 13.1. The molecule has 2 rings (SSSR count). The van der Waals surface area contributed by atoms with Crippen LogP contribution < -0.4 is 0 Å². The van der Waals surface area contributed by atoms with E-state index in [0.29, 0.717) is 0 Å². The zero-order valence-corrected chi connectivity index (χ0v) is 13.4. The van der Waals surface area contributed by atoms with E-state index in [-0.39, 0.29) is 5.82 Å². The Morgan fingerprint density at radius 1 is 0.905 bits per heavy atom. The van der Waals surface area contributed by atoms with Gasteiger partial charge in [-0.3, -0.25) is 0 Å². The molecule has 0 radical (unpaired) electrons. The Kier molecular flexibility index (Phi) is 4.20. The minimum atomic E-state index is -0.637. The smallest absolute Gasteiger partial charge is 0.123 e. The highest BCUT2D eigenvalue weighted by Crippen LogP contribution is 2.38. The number of rotatable bonds is 3. The minimum absolute atomic E-state index is 0.258. The van der Waals surface area contributed by atoms with Gasteiger partial charge in [0, 0.05) is 5.41 Å². The van der Waals surface area contributed by atoms with Gasteiger partial charge in [0.25, 0.3) is 0 Å². The number of benzene rings is 2.